The van der Waals surface area contributed by atoms with Gasteiger partial charge in [0.05, 0.1) is 108 Å². The molecule has 0 unspecified atom stereocenters. The summed E-state index contributed by atoms with van der Waals surface area (Å²) in [4.78, 5) is 55.0. The number of nitrogens with one attached hydrogen (secondary N) is 3. The van der Waals surface area contributed by atoms with Crippen LogP contribution in [0.3, 0.4) is 0 Å². The number of β-amino-alcohol motifs (C(OH)–C–C–N with tert-alkyl or cyclic N) is 1. The molecular formula is C65H89N7O16. The fourth-order valence-electron chi connectivity index (χ4n) is 11.7. The molecule has 2 fully saturated rings. The lowest BCUT2D eigenvalue weighted by molar-refractivity contribution is -0.394. The van der Waals surface area contributed by atoms with Gasteiger partial charge < -0.3 is 73.2 Å². The smallest absolute Gasteiger partial charge is 0.279 e. The molecular weight excluding hydrogens is 1130 g/mol. The molecule has 23 nitrogen and oxygen atoms in total. The Balaban J connectivity index is 0.560. The summed E-state index contributed by atoms with van der Waals surface area (Å²) in [5.41, 5.74) is 5.83. The zero-order valence-corrected chi connectivity index (χ0v) is 51.1. The topological polar surface area (TPSA) is 270 Å². The third kappa shape index (κ3) is 20.5. The number of benzene rings is 4. The number of aliphatic hydroxyl groups is 1. The van der Waals surface area contributed by atoms with E-state index in [4.69, 9.17) is 42.6 Å². The molecule has 0 radical (unpaired) electrons. The second-order valence-electron chi connectivity index (χ2n) is 22.9. The number of nitro benzene ring substituents is 2. The maximum absolute atomic E-state index is 13.7. The normalized spacial score (nSPS) is 17.3. The number of aryl methyl sites for hydroxylation is 2. The Morgan fingerprint density at radius 2 is 1.28 bits per heavy atom. The van der Waals surface area contributed by atoms with Crippen molar-refractivity contribution < 1.29 is 67.2 Å². The number of fused-ring (bicyclic) bond motifs is 3. The number of H-pyrrole nitrogens is 1. The number of ether oxygens (including phenoxy) is 9. The van der Waals surface area contributed by atoms with Crippen LogP contribution in [0.1, 0.15) is 89.4 Å². The van der Waals surface area contributed by atoms with Gasteiger partial charge in [-0.05, 0) is 142 Å². The number of hydrogen-bond donors (Lipinski definition) is 4. The number of likely N-dealkylation sites (tertiary alicyclic amines) is 2. The highest BCUT2D eigenvalue weighted by Crippen LogP contribution is 2.47. The predicted octanol–water partition coefficient (Wildman–Crippen LogP) is 8.67. The third-order valence-corrected chi connectivity index (χ3v) is 16.7. The summed E-state index contributed by atoms with van der Waals surface area (Å²) in [5, 5.41) is 41.0. The zero-order chi connectivity index (χ0) is 61.9. The Bertz CT molecular complexity index is 2980. The lowest BCUT2D eigenvalue weighted by Gasteiger charge is -2.46. The maximum atomic E-state index is 13.7. The Hall–Kier alpha value is -6.64. The van der Waals surface area contributed by atoms with Crippen LogP contribution in [0, 0.1) is 39.0 Å². The minimum atomic E-state index is -0.653. The van der Waals surface area contributed by atoms with Gasteiger partial charge in [0.25, 0.3) is 23.2 Å². The fourth-order valence-corrected chi connectivity index (χ4v) is 11.7. The van der Waals surface area contributed by atoms with Crippen molar-refractivity contribution in [2.75, 3.05) is 157 Å². The number of aliphatic hydroxyl groups excluding tert-OH is 1. The average Bonchev–Trinajstić information content (AvgIpc) is 1.70. The second kappa shape index (κ2) is 35.5. The monoisotopic (exact) mass is 1220 g/mol. The van der Waals surface area contributed by atoms with Crippen LogP contribution in [0.2, 0.25) is 0 Å². The number of anilines is 1. The van der Waals surface area contributed by atoms with Gasteiger partial charge >= 0.3 is 0 Å². The molecule has 5 aromatic rings. The Morgan fingerprint density at radius 1 is 0.682 bits per heavy atom. The first kappa shape index (κ1) is 67.3. The SMILES string of the molecule is Cc1ccc2c(c1)NC[C@]21CCN(C[C@@H](O)C2CCN(C(=O)c3cc4ccc(Oc5ccc(C(=O)NCCOCCOCCOCCCCCOCCOCCOCCOCCOCCCc6ccc([N+](=O)[O-])cc6[N+](=O)[O-])cc5)cc4[nH]3)CC2)C[C@H]1C. The fraction of sp³-hybridized carbons (Fsp3) is 0.569. The molecule has 8 rings (SSSR count). The minimum Gasteiger partial charge on any atom is -0.457 e. The Morgan fingerprint density at radius 3 is 1.90 bits per heavy atom. The van der Waals surface area contributed by atoms with E-state index in [1.54, 1.807) is 24.3 Å². The first-order valence-electron chi connectivity index (χ1n) is 31.1. The number of unbranched alkanes of at least 4 members (excludes halogenated alkanes) is 2. The van der Waals surface area contributed by atoms with Crippen LogP contribution in [-0.2, 0) is 49.7 Å². The van der Waals surface area contributed by atoms with Crippen LogP contribution in [-0.4, -0.2) is 199 Å². The number of amides is 2. The van der Waals surface area contributed by atoms with Crippen molar-refractivity contribution in [2.45, 2.75) is 76.7 Å². The molecule has 0 aliphatic carbocycles. The van der Waals surface area contributed by atoms with E-state index >= 15 is 0 Å². The summed E-state index contributed by atoms with van der Waals surface area (Å²) in [5.74, 6) is 1.55. The molecule has 2 amide bonds. The summed E-state index contributed by atoms with van der Waals surface area (Å²) in [6.07, 6.45) is 5.97. The summed E-state index contributed by atoms with van der Waals surface area (Å²) in [6.45, 7) is 17.0. The second-order valence-corrected chi connectivity index (χ2v) is 22.9. The van der Waals surface area contributed by atoms with Gasteiger partial charge in [0.15, 0.2) is 0 Å². The quantitative estimate of drug-likeness (QED) is 0.0162. The van der Waals surface area contributed by atoms with E-state index in [2.05, 4.69) is 52.6 Å². The number of nitro groups is 2. The Labute approximate surface area is 515 Å². The molecule has 3 aliphatic heterocycles. The number of aromatic nitrogens is 1. The van der Waals surface area contributed by atoms with Crippen molar-refractivity contribution in [3.8, 4) is 11.5 Å². The van der Waals surface area contributed by atoms with Gasteiger partial charge in [0.1, 0.15) is 17.2 Å². The number of carbonyl (C=O) groups excluding carboxylic acids is 2. The first-order valence-corrected chi connectivity index (χ1v) is 31.1. The standard InChI is InChI=1S/C65H89N7O16/c1-48-8-17-57-59(41-48)67-47-65(57)20-24-69(45-49(65)2)46-62(73)51-18-22-70(23-19-51)64(75)60-42-53-12-16-56(44-58(53)68-60)88-55-14-10-52(11-15-55)63(74)66-21-28-83-32-36-84-33-29-80-25-4-3-5-26-81-30-34-85-37-39-87-40-38-86-35-31-82-27-6-7-50-9-13-54(71(76)77)43-61(50)72(78)79/h8-17,41-44,49,51,62,67-68,73H,3-7,18-40,45-47H2,1-2H3,(H,66,74)/t49-,62-,65+/m1/s1. The molecule has 1 spiro atoms. The van der Waals surface area contributed by atoms with Crippen LogP contribution in [0.15, 0.2) is 84.9 Å². The summed E-state index contributed by atoms with van der Waals surface area (Å²) >= 11 is 0. The highest BCUT2D eigenvalue weighted by molar-refractivity contribution is 5.98. The minimum absolute atomic E-state index is 0.0429. The van der Waals surface area contributed by atoms with Crippen molar-refractivity contribution >= 4 is 39.8 Å². The van der Waals surface area contributed by atoms with Gasteiger partial charge in [0.2, 0.25) is 0 Å². The average molecular weight is 1220 g/mol. The summed E-state index contributed by atoms with van der Waals surface area (Å²) in [7, 11) is 0. The van der Waals surface area contributed by atoms with Crippen molar-refractivity contribution in [3.05, 3.63) is 133 Å². The van der Waals surface area contributed by atoms with Crippen molar-refractivity contribution in [3.63, 3.8) is 0 Å². The molecule has 23 heteroatoms. The molecule has 1 aromatic heterocycles. The lowest BCUT2D eigenvalue weighted by atomic mass is 9.67. The van der Waals surface area contributed by atoms with Crippen LogP contribution >= 0.6 is 0 Å². The molecule has 480 valence electrons. The van der Waals surface area contributed by atoms with Gasteiger partial charge in [-0.15, -0.1) is 0 Å². The summed E-state index contributed by atoms with van der Waals surface area (Å²) < 4.78 is 50.7. The number of nitrogens with zero attached hydrogens (tertiary/aromatic N) is 4. The molecule has 3 atom stereocenters. The molecule has 3 aliphatic rings. The van der Waals surface area contributed by atoms with Gasteiger partial charge in [-0.1, -0.05) is 19.1 Å². The number of piperidine rings is 2. The van der Waals surface area contributed by atoms with Crippen molar-refractivity contribution in [1.82, 2.24) is 20.1 Å². The van der Waals surface area contributed by atoms with Crippen LogP contribution in [0.4, 0.5) is 17.1 Å². The molecule has 4 N–H and O–H groups in total. The molecule has 4 aromatic carbocycles. The highest BCUT2D eigenvalue weighted by atomic mass is 16.6. The van der Waals surface area contributed by atoms with Crippen molar-refractivity contribution in [1.29, 1.82) is 0 Å². The Kier molecular flexibility index (Phi) is 27.2. The molecule has 4 heterocycles. The number of non-ortho nitro benzene ring substituents is 1. The first-order chi connectivity index (χ1) is 42.9. The van der Waals surface area contributed by atoms with E-state index in [-0.39, 0.29) is 34.5 Å². The zero-order valence-electron chi connectivity index (χ0n) is 51.1. The van der Waals surface area contributed by atoms with Gasteiger partial charge in [-0.2, -0.15) is 0 Å². The van der Waals surface area contributed by atoms with Crippen LogP contribution in [0.25, 0.3) is 10.9 Å². The molecule has 2 saturated heterocycles. The van der Waals surface area contributed by atoms with Gasteiger partial charge in [-0.25, -0.2) is 0 Å². The van der Waals surface area contributed by atoms with Gasteiger partial charge in [0, 0.05) is 104 Å². The van der Waals surface area contributed by atoms with Gasteiger partial charge in [-0.3, -0.25) is 29.8 Å². The number of rotatable bonds is 40. The van der Waals surface area contributed by atoms with E-state index in [1.807, 2.05) is 29.2 Å². The van der Waals surface area contributed by atoms with E-state index in [0.29, 0.717) is 179 Å². The number of hydrogen-bond acceptors (Lipinski definition) is 18. The maximum Gasteiger partial charge on any atom is 0.279 e. The van der Waals surface area contributed by atoms with E-state index in [1.165, 1.54) is 28.9 Å². The molecule has 0 bridgehead atoms. The number of aromatic amines is 1. The molecule has 0 saturated carbocycles. The molecule has 88 heavy (non-hydrogen) atoms. The number of carbonyl (C=O) groups is 2. The third-order valence-electron chi connectivity index (χ3n) is 16.7. The van der Waals surface area contributed by atoms with Crippen LogP contribution < -0.4 is 15.4 Å². The van der Waals surface area contributed by atoms with E-state index in [0.717, 1.165) is 75.1 Å². The predicted molar refractivity (Wildman–Crippen MR) is 332 cm³/mol. The van der Waals surface area contributed by atoms with E-state index in [9.17, 15) is 34.9 Å². The summed E-state index contributed by atoms with van der Waals surface area (Å²) in [6, 6.07) is 24.9. The van der Waals surface area contributed by atoms with E-state index < -0.39 is 16.0 Å². The highest BCUT2D eigenvalue weighted by Gasteiger charge is 2.46. The van der Waals surface area contributed by atoms with Crippen LogP contribution in [0.5, 0.6) is 11.5 Å². The lowest BCUT2D eigenvalue weighted by Crippen LogP contribution is -2.52. The largest absolute Gasteiger partial charge is 0.457 e. The van der Waals surface area contributed by atoms with Crippen molar-refractivity contribution in [2.24, 2.45) is 11.8 Å².